The van der Waals surface area contributed by atoms with Gasteiger partial charge in [0.15, 0.2) is 23.0 Å². The number of ether oxygens (including phenoxy) is 4. The minimum Gasteiger partial charge on any atom is -0.449 e. The maximum atomic E-state index is 6.39. The van der Waals surface area contributed by atoms with Gasteiger partial charge in [0, 0.05) is 69.7 Å². The second kappa shape index (κ2) is 11.3. The van der Waals surface area contributed by atoms with Crippen LogP contribution in [-0.2, 0) is 10.8 Å². The average molecular weight is 811 g/mol. The van der Waals surface area contributed by atoms with Gasteiger partial charge >= 0.3 is 0 Å². The van der Waals surface area contributed by atoms with Gasteiger partial charge in [-0.2, -0.15) is 0 Å². The number of rotatable bonds is 2. The number of halogens is 2. The highest BCUT2D eigenvalue weighted by molar-refractivity contribution is 9.11. The zero-order chi connectivity index (χ0) is 36.7. The summed E-state index contributed by atoms with van der Waals surface area (Å²) in [6.45, 7) is 31.3. The SMILES string of the molecule is CC(C)c1c(Br)c2c(c3c1OC(C)(C)O3)[C@@]1(C)CCCC(C)(C)C1=C2.CC(C)c1c(Br)c2c(c3c1OC(C)(C)O3)[C@@]1(C)CCCC(C)(C)C1=C2. The molecule has 0 N–H and O–H groups in total. The minimum atomic E-state index is -0.607. The Morgan fingerprint density at radius 2 is 0.820 bits per heavy atom. The summed E-state index contributed by atoms with van der Waals surface area (Å²) in [7, 11) is 0. The zero-order valence-electron chi connectivity index (χ0n) is 32.9. The molecule has 0 aromatic heterocycles. The Bertz CT molecular complexity index is 1740. The first-order valence-corrected chi connectivity index (χ1v) is 20.6. The van der Waals surface area contributed by atoms with Gasteiger partial charge in [-0.3, -0.25) is 0 Å². The van der Waals surface area contributed by atoms with E-state index in [9.17, 15) is 0 Å². The van der Waals surface area contributed by atoms with E-state index < -0.39 is 11.6 Å². The first kappa shape index (κ1) is 36.4. The van der Waals surface area contributed by atoms with Crippen LogP contribution in [0.4, 0.5) is 0 Å². The van der Waals surface area contributed by atoms with Crippen molar-refractivity contribution >= 4 is 44.0 Å². The Hall–Kier alpha value is -1.92. The molecule has 0 spiro atoms. The van der Waals surface area contributed by atoms with E-state index in [2.05, 4.69) is 113 Å². The molecule has 6 aliphatic rings. The smallest absolute Gasteiger partial charge is 0.246 e. The molecule has 0 saturated heterocycles. The molecule has 2 fully saturated rings. The number of allylic oxidation sites excluding steroid dienone is 2. The molecule has 2 aromatic carbocycles. The molecule has 4 nitrogen and oxygen atoms in total. The highest BCUT2D eigenvalue weighted by Gasteiger charge is 2.54. The summed E-state index contributed by atoms with van der Waals surface area (Å²) in [6.07, 6.45) is 12.3. The maximum absolute atomic E-state index is 6.39. The lowest BCUT2D eigenvalue weighted by atomic mass is 9.60. The Morgan fingerprint density at radius 1 is 0.500 bits per heavy atom. The third-order valence-corrected chi connectivity index (χ3v) is 14.4. The van der Waals surface area contributed by atoms with Crippen LogP contribution in [0.3, 0.4) is 0 Å². The molecule has 0 amide bonds. The lowest BCUT2D eigenvalue weighted by Gasteiger charge is -2.44. The molecule has 6 heteroatoms. The van der Waals surface area contributed by atoms with Crippen LogP contribution in [0.15, 0.2) is 20.1 Å². The van der Waals surface area contributed by atoms with Crippen molar-refractivity contribution in [2.24, 2.45) is 10.8 Å². The molecule has 4 aliphatic carbocycles. The molecule has 2 saturated carbocycles. The molecule has 2 heterocycles. The van der Waals surface area contributed by atoms with Crippen molar-refractivity contribution in [2.75, 3.05) is 0 Å². The molecule has 272 valence electrons. The Balaban J connectivity index is 0.000000157. The average Bonchev–Trinajstić information content (AvgIpc) is 3.65. The third-order valence-electron chi connectivity index (χ3n) is 12.7. The van der Waals surface area contributed by atoms with Crippen molar-refractivity contribution in [1.29, 1.82) is 0 Å². The number of hydrogen-bond acceptors (Lipinski definition) is 4. The van der Waals surface area contributed by atoms with Gasteiger partial charge in [-0.1, -0.05) is 105 Å². The molecule has 2 aliphatic heterocycles. The van der Waals surface area contributed by atoms with Crippen LogP contribution in [-0.4, -0.2) is 11.6 Å². The van der Waals surface area contributed by atoms with Crippen LogP contribution in [0.5, 0.6) is 23.0 Å². The monoisotopic (exact) mass is 808 g/mol. The van der Waals surface area contributed by atoms with Crippen LogP contribution in [0.25, 0.3) is 12.2 Å². The fourth-order valence-corrected chi connectivity index (χ4v) is 12.5. The van der Waals surface area contributed by atoms with Gasteiger partial charge in [-0.15, -0.1) is 0 Å². The molecule has 0 bridgehead atoms. The van der Waals surface area contributed by atoms with Crippen LogP contribution < -0.4 is 18.9 Å². The quantitative estimate of drug-likeness (QED) is 0.303. The zero-order valence-corrected chi connectivity index (χ0v) is 36.1. The molecular weight excluding hydrogens is 752 g/mol. The molecule has 2 aromatic rings. The van der Waals surface area contributed by atoms with E-state index in [1.54, 1.807) is 11.1 Å². The summed E-state index contributed by atoms with van der Waals surface area (Å²) in [5.41, 5.74) is 11.4. The van der Waals surface area contributed by atoms with Crippen molar-refractivity contribution < 1.29 is 18.9 Å². The second-order valence-electron chi connectivity index (χ2n) is 19.1. The first-order valence-electron chi connectivity index (χ1n) is 19.0. The van der Waals surface area contributed by atoms with Crippen molar-refractivity contribution in [3.05, 3.63) is 53.5 Å². The molecule has 2 atom stereocenters. The van der Waals surface area contributed by atoms with E-state index >= 15 is 0 Å². The summed E-state index contributed by atoms with van der Waals surface area (Å²) < 4.78 is 27.7. The van der Waals surface area contributed by atoms with Crippen LogP contribution >= 0.6 is 31.9 Å². The maximum Gasteiger partial charge on any atom is 0.246 e. The van der Waals surface area contributed by atoms with Crippen molar-refractivity contribution in [3.63, 3.8) is 0 Å². The third kappa shape index (κ3) is 5.21. The summed E-state index contributed by atoms with van der Waals surface area (Å²) in [4.78, 5) is 0. The Morgan fingerprint density at radius 3 is 1.14 bits per heavy atom. The molecular formula is C44H58Br2O4. The lowest BCUT2D eigenvalue weighted by Crippen LogP contribution is -2.36. The van der Waals surface area contributed by atoms with E-state index in [0.717, 1.165) is 23.0 Å². The minimum absolute atomic E-state index is 0.0446. The standard InChI is InChI=1S/2C22H29BrO2/c2*1-12(2)15-17(23)13-11-14-20(3,4)9-8-10-22(14,7)16(13)19-18(15)24-21(5,6)25-19/h2*11-12H,8-10H2,1-7H3/t2*22-/m00/s1. The predicted octanol–water partition coefficient (Wildman–Crippen LogP) is 13.9. The highest BCUT2D eigenvalue weighted by Crippen LogP contribution is 2.66. The van der Waals surface area contributed by atoms with E-state index in [-0.39, 0.29) is 21.7 Å². The molecule has 0 unspecified atom stereocenters. The van der Waals surface area contributed by atoms with Gasteiger partial charge < -0.3 is 18.9 Å². The summed E-state index contributed by atoms with van der Waals surface area (Å²) >= 11 is 7.88. The van der Waals surface area contributed by atoms with Gasteiger partial charge in [0.05, 0.1) is 0 Å². The molecule has 8 rings (SSSR count). The Labute approximate surface area is 318 Å². The predicted molar refractivity (Wildman–Crippen MR) is 213 cm³/mol. The normalized spacial score (nSPS) is 28.0. The van der Waals surface area contributed by atoms with E-state index in [4.69, 9.17) is 18.9 Å². The largest absolute Gasteiger partial charge is 0.449 e. The van der Waals surface area contributed by atoms with Crippen LogP contribution in [0.1, 0.15) is 181 Å². The highest BCUT2D eigenvalue weighted by atomic mass is 79.9. The van der Waals surface area contributed by atoms with Gasteiger partial charge in [0.2, 0.25) is 11.6 Å². The van der Waals surface area contributed by atoms with E-state index in [1.165, 1.54) is 80.9 Å². The van der Waals surface area contributed by atoms with Gasteiger partial charge in [0.25, 0.3) is 0 Å². The Kier molecular flexibility index (Phi) is 8.23. The van der Waals surface area contributed by atoms with Crippen molar-refractivity contribution in [3.8, 4) is 23.0 Å². The number of fused-ring (bicyclic) bond motifs is 10. The lowest BCUT2D eigenvalue weighted by molar-refractivity contribution is -0.0448. The van der Waals surface area contributed by atoms with Crippen LogP contribution in [0.2, 0.25) is 0 Å². The fourth-order valence-electron chi connectivity index (χ4n) is 10.6. The van der Waals surface area contributed by atoms with Crippen molar-refractivity contribution in [2.45, 2.75) is 170 Å². The van der Waals surface area contributed by atoms with Gasteiger partial charge in [-0.05, 0) is 91.3 Å². The van der Waals surface area contributed by atoms with Crippen molar-refractivity contribution in [1.82, 2.24) is 0 Å². The summed E-state index contributed by atoms with van der Waals surface area (Å²) in [5, 5.41) is 0. The fraction of sp³-hybridized carbons (Fsp3) is 0.636. The second-order valence-corrected chi connectivity index (χ2v) is 20.7. The number of benzene rings is 2. The van der Waals surface area contributed by atoms with E-state index in [1.807, 2.05) is 27.7 Å². The first-order chi connectivity index (χ1) is 23.0. The van der Waals surface area contributed by atoms with E-state index in [0.29, 0.717) is 11.8 Å². The van der Waals surface area contributed by atoms with Gasteiger partial charge in [-0.25, -0.2) is 0 Å². The summed E-state index contributed by atoms with van der Waals surface area (Å²) in [6, 6.07) is 0. The van der Waals surface area contributed by atoms with Gasteiger partial charge in [0.1, 0.15) is 0 Å². The molecule has 50 heavy (non-hydrogen) atoms. The molecule has 0 radical (unpaired) electrons. The summed E-state index contributed by atoms with van der Waals surface area (Å²) in [5.74, 6) is 3.39. The van der Waals surface area contributed by atoms with Crippen LogP contribution in [0, 0.1) is 10.8 Å². The topological polar surface area (TPSA) is 36.9 Å². The number of hydrogen-bond donors (Lipinski definition) is 0.